The molecule has 0 aliphatic carbocycles. The van der Waals surface area contributed by atoms with Crippen molar-refractivity contribution in [2.75, 3.05) is 24.3 Å². The maximum Gasteiger partial charge on any atom is 0.433 e. The highest BCUT2D eigenvalue weighted by atomic mass is 32.2. The zero-order valence-electron chi connectivity index (χ0n) is 17.1. The van der Waals surface area contributed by atoms with Crippen molar-refractivity contribution in [2.45, 2.75) is 23.5 Å². The largest absolute Gasteiger partial charge is 0.433 e. The SMILES string of the molecule is C[C@H](Sc1nc(-c2ccccc2)cc(C(F)(F)F)n1)C(=O)Nc1ccc(N(C)C)cc1. The molecule has 2 aromatic carbocycles. The predicted octanol–water partition coefficient (Wildman–Crippen LogP) is 5.35. The van der Waals surface area contributed by atoms with Crippen LogP contribution in [-0.4, -0.2) is 35.2 Å². The molecule has 1 atom stereocenters. The van der Waals surface area contributed by atoms with E-state index in [1.807, 2.05) is 31.1 Å². The first kappa shape index (κ1) is 22.6. The lowest BCUT2D eigenvalue weighted by Gasteiger charge is -2.15. The van der Waals surface area contributed by atoms with E-state index >= 15 is 0 Å². The van der Waals surface area contributed by atoms with E-state index in [0.29, 0.717) is 11.3 Å². The van der Waals surface area contributed by atoms with Crippen molar-refractivity contribution in [3.8, 4) is 11.3 Å². The van der Waals surface area contributed by atoms with Gasteiger partial charge in [0.2, 0.25) is 5.91 Å². The molecule has 0 spiro atoms. The molecule has 1 heterocycles. The molecule has 0 unspecified atom stereocenters. The Kier molecular flexibility index (Phi) is 6.84. The van der Waals surface area contributed by atoms with Gasteiger partial charge >= 0.3 is 6.18 Å². The number of benzene rings is 2. The molecule has 0 saturated heterocycles. The molecule has 0 saturated carbocycles. The maximum atomic E-state index is 13.4. The van der Waals surface area contributed by atoms with Crippen LogP contribution >= 0.6 is 11.8 Å². The Morgan fingerprint density at radius 3 is 2.26 bits per heavy atom. The van der Waals surface area contributed by atoms with Crippen molar-refractivity contribution in [2.24, 2.45) is 0 Å². The van der Waals surface area contributed by atoms with E-state index in [9.17, 15) is 18.0 Å². The minimum absolute atomic E-state index is 0.112. The number of halogens is 3. The van der Waals surface area contributed by atoms with Crippen molar-refractivity contribution >= 4 is 29.0 Å². The van der Waals surface area contributed by atoms with Gasteiger partial charge < -0.3 is 10.2 Å². The Morgan fingerprint density at radius 2 is 1.68 bits per heavy atom. The fraction of sp³-hybridized carbons (Fsp3) is 0.227. The van der Waals surface area contributed by atoms with Gasteiger partial charge in [0, 0.05) is 31.0 Å². The molecule has 3 rings (SSSR count). The second-order valence-corrected chi connectivity index (χ2v) is 8.28. The molecule has 1 aromatic heterocycles. The molecule has 9 heteroatoms. The van der Waals surface area contributed by atoms with Crippen molar-refractivity contribution in [1.29, 1.82) is 0 Å². The van der Waals surface area contributed by atoms with Crippen LogP contribution in [-0.2, 0) is 11.0 Å². The lowest BCUT2D eigenvalue weighted by molar-refractivity contribution is -0.141. The van der Waals surface area contributed by atoms with Crippen molar-refractivity contribution in [3.63, 3.8) is 0 Å². The summed E-state index contributed by atoms with van der Waals surface area (Å²) in [4.78, 5) is 22.4. The molecular formula is C22H21F3N4OS. The Balaban J connectivity index is 1.79. The highest BCUT2D eigenvalue weighted by molar-refractivity contribution is 8.00. The number of anilines is 2. The van der Waals surface area contributed by atoms with E-state index in [2.05, 4.69) is 15.3 Å². The number of hydrogen-bond donors (Lipinski definition) is 1. The second kappa shape index (κ2) is 9.38. The molecule has 0 aliphatic rings. The number of amides is 1. The van der Waals surface area contributed by atoms with Gasteiger partial charge in [-0.3, -0.25) is 4.79 Å². The molecule has 5 nitrogen and oxygen atoms in total. The first-order chi connectivity index (χ1) is 14.6. The Morgan fingerprint density at radius 1 is 1.03 bits per heavy atom. The summed E-state index contributed by atoms with van der Waals surface area (Å²) in [7, 11) is 3.82. The fourth-order valence-corrected chi connectivity index (χ4v) is 3.46. The van der Waals surface area contributed by atoms with Crippen molar-refractivity contribution < 1.29 is 18.0 Å². The van der Waals surface area contributed by atoms with Crippen LogP contribution in [0.4, 0.5) is 24.5 Å². The summed E-state index contributed by atoms with van der Waals surface area (Å²) < 4.78 is 40.1. The van der Waals surface area contributed by atoms with Gasteiger partial charge in [-0.1, -0.05) is 42.1 Å². The van der Waals surface area contributed by atoms with Gasteiger partial charge in [0.25, 0.3) is 0 Å². The van der Waals surface area contributed by atoms with Crippen LogP contribution in [0.1, 0.15) is 12.6 Å². The summed E-state index contributed by atoms with van der Waals surface area (Å²) in [5.74, 6) is -0.357. The van der Waals surface area contributed by atoms with Crippen LogP contribution in [0.2, 0.25) is 0 Å². The van der Waals surface area contributed by atoms with Crippen LogP contribution < -0.4 is 10.2 Å². The van der Waals surface area contributed by atoms with Gasteiger partial charge in [-0.05, 0) is 37.3 Å². The van der Waals surface area contributed by atoms with Crippen molar-refractivity contribution in [1.82, 2.24) is 9.97 Å². The molecule has 0 aliphatic heterocycles. The Bertz CT molecular complexity index is 1040. The number of nitrogens with one attached hydrogen (secondary N) is 1. The molecule has 0 radical (unpaired) electrons. The first-order valence-electron chi connectivity index (χ1n) is 9.40. The summed E-state index contributed by atoms with van der Waals surface area (Å²) in [5.41, 5.74) is 1.22. The number of hydrogen-bond acceptors (Lipinski definition) is 5. The van der Waals surface area contributed by atoms with E-state index in [0.717, 1.165) is 23.5 Å². The molecule has 1 amide bonds. The smallest absolute Gasteiger partial charge is 0.378 e. The van der Waals surface area contributed by atoms with E-state index in [4.69, 9.17) is 0 Å². The molecule has 3 aromatic rings. The second-order valence-electron chi connectivity index (χ2n) is 6.98. The summed E-state index contributed by atoms with van der Waals surface area (Å²) in [5, 5.41) is 1.94. The standard InChI is InChI=1S/C22H21F3N4OS/c1-14(20(30)26-16-9-11-17(12-10-16)29(2)3)31-21-27-18(15-7-5-4-6-8-15)13-19(28-21)22(23,24)25/h4-14H,1-3H3,(H,26,30)/t14-/m0/s1. The molecule has 31 heavy (non-hydrogen) atoms. The van der Waals surface area contributed by atoms with Crippen LogP contribution in [0.25, 0.3) is 11.3 Å². The van der Waals surface area contributed by atoms with Crippen LogP contribution in [0, 0.1) is 0 Å². The van der Waals surface area contributed by atoms with E-state index in [-0.39, 0.29) is 16.8 Å². The number of aromatic nitrogens is 2. The maximum absolute atomic E-state index is 13.4. The number of thioether (sulfide) groups is 1. The predicted molar refractivity (Wildman–Crippen MR) is 117 cm³/mol. The molecule has 162 valence electrons. The van der Waals surface area contributed by atoms with E-state index in [1.54, 1.807) is 49.4 Å². The average molecular weight is 446 g/mol. The minimum atomic E-state index is -4.62. The summed E-state index contributed by atoms with van der Waals surface area (Å²) in [6, 6.07) is 16.7. The normalized spacial score (nSPS) is 12.3. The zero-order valence-corrected chi connectivity index (χ0v) is 18.0. The number of nitrogens with zero attached hydrogens (tertiary/aromatic N) is 3. The van der Waals surface area contributed by atoms with Gasteiger partial charge in [-0.15, -0.1) is 0 Å². The number of alkyl halides is 3. The van der Waals surface area contributed by atoms with Gasteiger partial charge in [0.15, 0.2) is 5.16 Å². The van der Waals surface area contributed by atoms with E-state index < -0.39 is 17.1 Å². The number of carbonyl (C=O) groups is 1. The minimum Gasteiger partial charge on any atom is -0.378 e. The Labute approximate surface area is 182 Å². The average Bonchev–Trinajstić information content (AvgIpc) is 2.74. The number of carbonyl (C=O) groups excluding carboxylic acids is 1. The first-order valence-corrected chi connectivity index (χ1v) is 10.3. The molecule has 0 fully saturated rings. The lowest BCUT2D eigenvalue weighted by Crippen LogP contribution is -2.23. The highest BCUT2D eigenvalue weighted by Gasteiger charge is 2.34. The van der Waals surface area contributed by atoms with Crippen molar-refractivity contribution in [3.05, 3.63) is 66.4 Å². The quantitative estimate of drug-likeness (QED) is 0.409. The third-order valence-electron chi connectivity index (χ3n) is 4.37. The monoisotopic (exact) mass is 446 g/mol. The van der Waals surface area contributed by atoms with Gasteiger partial charge in [-0.25, -0.2) is 9.97 Å². The van der Waals surface area contributed by atoms with Gasteiger partial charge in [0.1, 0.15) is 5.69 Å². The molecule has 0 bridgehead atoms. The van der Waals surface area contributed by atoms with Crippen LogP contribution in [0.15, 0.2) is 65.8 Å². The van der Waals surface area contributed by atoms with Crippen LogP contribution in [0.3, 0.4) is 0 Å². The fourth-order valence-electron chi connectivity index (χ4n) is 2.68. The molecular weight excluding hydrogens is 425 g/mol. The molecule has 1 N–H and O–H groups in total. The summed E-state index contributed by atoms with van der Waals surface area (Å²) in [6.07, 6.45) is -4.62. The zero-order chi connectivity index (χ0) is 22.6. The van der Waals surface area contributed by atoms with Crippen LogP contribution in [0.5, 0.6) is 0 Å². The topological polar surface area (TPSA) is 58.1 Å². The Hall–Kier alpha value is -3.07. The van der Waals surface area contributed by atoms with Gasteiger partial charge in [0.05, 0.1) is 10.9 Å². The lowest BCUT2D eigenvalue weighted by atomic mass is 10.1. The number of rotatable bonds is 6. The third kappa shape index (κ3) is 5.97. The highest BCUT2D eigenvalue weighted by Crippen LogP contribution is 2.33. The summed E-state index contributed by atoms with van der Waals surface area (Å²) >= 11 is 0.876. The van der Waals surface area contributed by atoms with Gasteiger partial charge in [-0.2, -0.15) is 13.2 Å². The third-order valence-corrected chi connectivity index (χ3v) is 5.33. The van der Waals surface area contributed by atoms with E-state index in [1.165, 1.54) is 0 Å². The summed E-state index contributed by atoms with van der Waals surface area (Å²) in [6.45, 7) is 1.60.